The second-order valence-electron chi connectivity index (χ2n) is 2.84. The molecule has 1 saturated carbocycles. The third kappa shape index (κ3) is 3.85. The average molecular weight is 143 g/mol. The van der Waals surface area contributed by atoms with Crippen molar-refractivity contribution in [3.63, 3.8) is 0 Å². The van der Waals surface area contributed by atoms with Crippen LogP contribution in [0.15, 0.2) is 0 Å². The Bertz CT molecular complexity index is 81.3. The van der Waals surface area contributed by atoms with Crippen LogP contribution in [-0.4, -0.2) is 26.3 Å². The summed E-state index contributed by atoms with van der Waals surface area (Å²) in [6.45, 7) is 5.95. The van der Waals surface area contributed by atoms with Crippen molar-refractivity contribution in [1.82, 2.24) is 5.32 Å². The van der Waals surface area contributed by atoms with Crippen LogP contribution >= 0.6 is 0 Å². The Labute approximate surface area is 63.0 Å². The van der Waals surface area contributed by atoms with Gasteiger partial charge in [0.05, 0.1) is 6.61 Å². The average Bonchev–Trinajstić information content (AvgIpc) is 2.71. The Morgan fingerprint density at radius 1 is 1.50 bits per heavy atom. The van der Waals surface area contributed by atoms with Crippen molar-refractivity contribution < 1.29 is 4.74 Å². The Morgan fingerprint density at radius 3 is 2.90 bits per heavy atom. The van der Waals surface area contributed by atoms with Crippen LogP contribution in [0.3, 0.4) is 0 Å². The quantitative estimate of drug-likeness (QED) is 0.561. The summed E-state index contributed by atoms with van der Waals surface area (Å²) in [5.74, 6) is 0.988. The zero-order valence-electron chi connectivity index (χ0n) is 6.73. The molecule has 0 amide bonds. The molecule has 0 aliphatic heterocycles. The molecule has 0 aromatic rings. The minimum Gasteiger partial charge on any atom is -0.380 e. The highest BCUT2D eigenvalue weighted by Gasteiger charge is 2.19. The highest BCUT2D eigenvalue weighted by molar-refractivity contribution is 4.74. The summed E-state index contributed by atoms with van der Waals surface area (Å²) in [5.41, 5.74) is 0. The van der Waals surface area contributed by atoms with Crippen LogP contribution in [0.2, 0.25) is 0 Å². The van der Waals surface area contributed by atoms with E-state index in [1.807, 2.05) is 6.92 Å². The first-order valence-corrected chi connectivity index (χ1v) is 4.22. The maximum atomic E-state index is 5.17. The van der Waals surface area contributed by atoms with E-state index in [-0.39, 0.29) is 0 Å². The van der Waals surface area contributed by atoms with Gasteiger partial charge in [-0.15, -0.1) is 0 Å². The fourth-order valence-corrected chi connectivity index (χ4v) is 0.917. The lowest BCUT2D eigenvalue weighted by Crippen LogP contribution is -2.21. The Kier molecular flexibility index (Phi) is 3.76. The van der Waals surface area contributed by atoms with Crippen molar-refractivity contribution in [3.8, 4) is 0 Å². The molecule has 0 atom stereocenters. The molecule has 0 heterocycles. The first-order valence-electron chi connectivity index (χ1n) is 4.22. The van der Waals surface area contributed by atoms with Gasteiger partial charge in [-0.1, -0.05) is 0 Å². The van der Waals surface area contributed by atoms with Gasteiger partial charge in [-0.05, 0) is 32.2 Å². The van der Waals surface area contributed by atoms with Crippen molar-refractivity contribution in [1.29, 1.82) is 0 Å². The molecule has 1 aliphatic carbocycles. The topological polar surface area (TPSA) is 21.3 Å². The zero-order valence-corrected chi connectivity index (χ0v) is 6.73. The van der Waals surface area contributed by atoms with Crippen LogP contribution in [0.4, 0.5) is 0 Å². The van der Waals surface area contributed by atoms with Crippen molar-refractivity contribution in [2.75, 3.05) is 26.3 Å². The summed E-state index contributed by atoms with van der Waals surface area (Å²) < 4.78 is 5.17. The molecule has 1 rings (SSSR count). The Hall–Kier alpha value is -0.0800. The van der Waals surface area contributed by atoms with Gasteiger partial charge in [-0.3, -0.25) is 0 Å². The van der Waals surface area contributed by atoms with Crippen molar-refractivity contribution >= 4 is 0 Å². The van der Waals surface area contributed by atoms with Crippen molar-refractivity contribution in [2.24, 2.45) is 5.92 Å². The molecular formula is C8H17NO. The second-order valence-corrected chi connectivity index (χ2v) is 2.84. The third-order valence-corrected chi connectivity index (χ3v) is 1.76. The van der Waals surface area contributed by atoms with Gasteiger partial charge < -0.3 is 10.1 Å². The van der Waals surface area contributed by atoms with Gasteiger partial charge in [0.25, 0.3) is 0 Å². The summed E-state index contributed by atoms with van der Waals surface area (Å²) >= 11 is 0. The third-order valence-electron chi connectivity index (χ3n) is 1.76. The number of rotatable bonds is 6. The van der Waals surface area contributed by atoms with E-state index in [0.29, 0.717) is 0 Å². The van der Waals surface area contributed by atoms with E-state index >= 15 is 0 Å². The van der Waals surface area contributed by atoms with Gasteiger partial charge in [0.2, 0.25) is 0 Å². The van der Waals surface area contributed by atoms with E-state index in [1.165, 1.54) is 19.4 Å². The largest absolute Gasteiger partial charge is 0.380 e. The maximum absolute atomic E-state index is 5.17. The van der Waals surface area contributed by atoms with Gasteiger partial charge in [0.1, 0.15) is 0 Å². The van der Waals surface area contributed by atoms with Gasteiger partial charge in [-0.25, -0.2) is 0 Å². The molecule has 0 saturated heterocycles. The molecular weight excluding hydrogens is 126 g/mol. The van der Waals surface area contributed by atoms with E-state index in [9.17, 15) is 0 Å². The van der Waals surface area contributed by atoms with Crippen LogP contribution in [0, 0.1) is 5.92 Å². The lowest BCUT2D eigenvalue weighted by Gasteiger charge is -2.02. The van der Waals surface area contributed by atoms with E-state index < -0.39 is 0 Å². The van der Waals surface area contributed by atoms with Crippen LogP contribution < -0.4 is 5.32 Å². The molecule has 10 heavy (non-hydrogen) atoms. The molecule has 2 heteroatoms. The molecule has 0 aromatic heterocycles. The van der Waals surface area contributed by atoms with Gasteiger partial charge >= 0.3 is 0 Å². The fourth-order valence-electron chi connectivity index (χ4n) is 0.917. The van der Waals surface area contributed by atoms with Gasteiger partial charge in [0.15, 0.2) is 0 Å². The highest BCUT2D eigenvalue weighted by atomic mass is 16.5. The maximum Gasteiger partial charge on any atom is 0.0590 e. The van der Waals surface area contributed by atoms with E-state index in [1.54, 1.807) is 0 Å². The first-order chi connectivity index (χ1) is 4.93. The van der Waals surface area contributed by atoms with E-state index in [4.69, 9.17) is 4.74 Å². The smallest absolute Gasteiger partial charge is 0.0590 e. The summed E-state index contributed by atoms with van der Waals surface area (Å²) in [6, 6.07) is 0. The number of ether oxygens (including phenoxy) is 1. The predicted molar refractivity (Wildman–Crippen MR) is 42.1 cm³/mol. The van der Waals surface area contributed by atoms with Gasteiger partial charge in [0, 0.05) is 13.2 Å². The predicted octanol–water partition coefficient (Wildman–Crippen LogP) is 1.02. The van der Waals surface area contributed by atoms with Crippen molar-refractivity contribution in [2.45, 2.75) is 19.8 Å². The molecule has 0 bridgehead atoms. The SMILES string of the molecule is CCOCCNCC1CC1. The van der Waals surface area contributed by atoms with E-state index in [2.05, 4.69) is 5.32 Å². The molecule has 0 unspecified atom stereocenters. The molecule has 60 valence electrons. The van der Waals surface area contributed by atoms with Crippen LogP contribution in [-0.2, 0) is 4.74 Å². The van der Waals surface area contributed by atoms with Crippen LogP contribution in [0.5, 0.6) is 0 Å². The minimum absolute atomic E-state index is 0.838. The first kappa shape index (κ1) is 8.02. The normalized spacial score (nSPS) is 17.7. The monoisotopic (exact) mass is 143 g/mol. The molecule has 0 aromatic carbocycles. The summed E-state index contributed by atoms with van der Waals surface area (Å²) in [4.78, 5) is 0. The molecule has 1 N–H and O–H groups in total. The fraction of sp³-hybridized carbons (Fsp3) is 1.00. The number of hydrogen-bond acceptors (Lipinski definition) is 2. The minimum atomic E-state index is 0.838. The van der Waals surface area contributed by atoms with Crippen LogP contribution in [0.25, 0.3) is 0 Å². The van der Waals surface area contributed by atoms with Gasteiger partial charge in [-0.2, -0.15) is 0 Å². The zero-order chi connectivity index (χ0) is 7.23. The second kappa shape index (κ2) is 4.69. The molecule has 0 spiro atoms. The standard InChI is InChI=1S/C8H17NO/c1-2-10-6-5-9-7-8-3-4-8/h8-9H,2-7H2,1H3. The van der Waals surface area contributed by atoms with Crippen molar-refractivity contribution in [3.05, 3.63) is 0 Å². The van der Waals surface area contributed by atoms with Crippen LogP contribution in [0.1, 0.15) is 19.8 Å². The van der Waals surface area contributed by atoms with E-state index in [0.717, 1.165) is 25.7 Å². The summed E-state index contributed by atoms with van der Waals surface area (Å²) in [5, 5.41) is 3.36. The molecule has 1 fully saturated rings. The number of hydrogen-bond donors (Lipinski definition) is 1. The summed E-state index contributed by atoms with van der Waals surface area (Å²) in [6.07, 6.45) is 2.86. The molecule has 1 aliphatic rings. The number of nitrogens with one attached hydrogen (secondary N) is 1. The summed E-state index contributed by atoms with van der Waals surface area (Å²) in [7, 11) is 0. The lowest BCUT2D eigenvalue weighted by molar-refractivity contribution is 0.149. The Morgan fingerprint density at radius 2 is 2.30 bits per heavy atom. The molecule has 2 nitrogen and oxygen atoms in total. The lowest BCUT2D eigenvalue weighted by atomic mass is 10.4. The molecule has 0 radical (unpaired) electrons. The highest BCUT2D eigenvalue weighted by Crippen LogP contribution is 2.27. The Balaban J connectivity index is 1.68.